The number of aliphatic imine (C=N–C) groups is 1. The summed E-state index contributed by atoms with van der Waals surface area (Å²) in [5, 5.41) is 11.2. The molecule has 0 saturated carbocycles. The predicted molar refractivity (Wildman–Crippen MR) is 101 cm³/mol. The average molecular weight is 352 g/mol. The van der Waals surface area contributed by atoms with E-state index in [4.69, 9.17) is 9.47 Å². The maximum absolute atomic E-state index is 12.0. The first kappa shape index (κ1) is 15.4. The monoisotopic (exact) mass is 352 g/mol. The predicted octanol–water partition coefficient (Wildman–Crippen LogP) is 4.26. The van der Waals surface area contributed by atoms with Gasteiger partial charge >= 0.3 is 0 Å². The quantitative estimate of drug-likeness (QED) is 0.706. The van der Waals surface area contributed by atoms with Crippen molar-refractivity contribution in [2.45, 2.75) is 0 Å². The van der Waals surface area contributed by atoms with Gasteiger partial charge in [0.15, 0.2) is 0 Å². The molecular weight excluding hydrogens is 340 g/mol. The number of nitrogens with zero attached hydrogens (tertiary/aromatic N) is 2. The standard InChI is InChI=1S/C22H12N2O3/c1-26-12-4-2-5-13(10-12)27-18-9-8-15-19-14(18)6-3-7-16(19)21-20(15)17(11-23)22(25)24-21/h2-10H,1H3. The second-order valence-electron chi connectivity index (χ2n) is 6.25. The van der Waals surface area contributed by atoms with Gasteiger partial charge in [-0.05, 0) is 29.8 Å². The summed E-state index contributed by atoms with van der Waals surface area (Å²) < 4.78 is 11.3. The zero-order chi connectivity index (χ0) is 18.5. The molecule has 0 radical (unpaired) electrons. The molecule has 0 bridgehead atoms. The number of hydrogen-bond donors (Lipinski definition) is 0. The van der Waals surface area contributed by atoms with Crippen molar-refractivity contribution >= 4 is 28.0 Å². The van der Waals surface area contributed by atoms with Gasteiger partial charge in [0.25, 0.3) is 5.91 Å². The highest BCUT2D eigenvalue weighted by Gasteiger charge is 2.36. The fourth-order valence-electron chi connectivity index (χ4n) is 3.67. The van der Waals surface area contributed by atoms with Crippen molar-refractivity contribution in [1.82, 2.24) is 0 Å². The molecule has 0 saturated heterocycles. The molecule has 3 aromatic rings. The van der Waals surface area contributed by atoms with Crippen LogP contribution in [-0.2, 0) is 4.79 Å². The highest BCUT2D eigenvalue weighted by molar-refractivity contribution is 6.50. The van der Waals surface area contributed by atoms with Crippen LogP contribution >= 0.6 is 0 Å². The van der Waals surface area contributed by atoms with E-state index in [2.05, 4.69) is 4.99 Å². The number of fused-ring (bicyclic) bond motifs is 3. The van der Waals surface area contributed by atoms with Crippen LogP contribution in [0.15, 0.2) is 65.2 Å². The van der Waals surface area contributed by atoms with E-state index in [1.165, 1.54) is 0 Å². The number of rotatable bonds is 3. The Bertz CT molecular complexity index is 1260. The summed E-state index contributed by atoms with van der Waals surface area (Å²) in [6.45, 7) is 0. The van der Waals surface area contributed by atoms with Crippen LogP contribution < -0.4 is 9.47 Å². The summed E-state index contributed by atoms with van der Waals surface area (Å²) in [6, 6.07) is 18.9. The van der Waals surface area contributed by atoms with Gasteiger partial charge in [-0.1, -0.05) is 24.3 Å². The first-order valence-corrected chi connectivity index (χ1v) is 8.37. The molecule has 3 aromatic carbocycles. The topological polar surface area (TPSA) is 71.7 Å². The minimum absolute atomic E-state index is 0.101. The molecule has 27 heavy (non-hydrogen) atoms. The normalized spacial score (nSPS) is 14.2. The van der Waals surface area contributed by atoms with E-state index in [-0.39, 0.29) is 5.57 Å². The number of amides is 1. The van der Waals surface area contributed by atoms with Gasteiger partial charge in [-0.25, -0.2) is 4.99 Å². The third-order valence-corrected chi connectivity index (χ3v) is 4.82. The number of carbonyl (C=O) groups is 1. The van der Waals surface area contributed by atoms with Crippen LogP contribution in [0.25, 0.3) is 16.3 Å². The Morgan fingerprint density at radius 3 is 2.63 bits per heavy atom. The van der Waals surface area contributed by atoms with Gasteiger partial charge in [0.05, 0.1) is 12.8 Å². The maximum Gasteiger partial charge on any atom is 0.288 e. The zero-order valence-corrected chi connectivity index (χ0v) is 14.3. The summed E-state index contributed by atoms with van der Waals surface area (Å²) in [5.41, 5.74) is 3.01. The third kappa shape index (κ3) is 2.10. The van der Waals surface area contributed by atoms with Crippen LogP contribution in [-0.4, -0.2) is 18.7 Å². The van der Waals surface area contributed by atoms with Crippen LogP contribution in [0.4, 0.5) is 0 Å². The minimum atomic E-state index is -0.470. The molecule has 0 atom stereocenters. The minimum Gasteiger partial charge on any atom is -0.497 e. The van der Waals surface area contributed by atoms with Gasteiger partial charge in [0.2, 0.25) is 0 Å². The SMILES string of the molecule is COc1cccc(Oc2ccc3c4c(cccc24)C2=NC(=O)C(C#N)=C23)c1. The molecule has 5 nitrogen and oxygen atoms in total. The van der Waals surface area contributed by atoms with Crippen molar-refractivity contribution in [3.8, 4) is 23.3 Å². The van der Waals surface area contributed by atoms with E-state index in [0.29, 0.717) is 28.5 Å². The van der Waals surface area contributed by atoms with Crippen molar-refractivity contribution in [2.24, 2.45) is 4.99 Å². The molecule has 1 aliphatic carbocycles. The largest absolute Gasteiger partial charge is 0.497 e. The number of ether oxygens (including phenoxy) is 2. The molecule has 1 aliphatic heterocycles. The Labute approximate surface area is 154 Å². The molecule has 0 aromatic heterocycles. The van der Waals surface area contributed by atoms with E-state index in [0.717, 1.165) is 21.9 Å². The van der Waals surface area contributed by atoms with Crippen LogP contribution in [0.5, 0.6) is 17.2 Å². The Balaban J connectivity index is 1.70. The first-order valence-electron chi connectivity index (χ1n) is 8.37. The van der Waals surface area contributed by atoms with E-state index in [1.54, 1.807) is 7.11 Å². The molecule has 0 unspecified atom stereocenters. The molecule has 0 spiro atoms. The third-order valence-electron chi connectivity index (χ3n) is 4.82. The van der Waals surface area contributed by atoms with Gasteiger partial charge in [-0.3, -0.25) is 4.79 Å². The Hall–Kier alpha value is -3.91. The lowest BCUT2D eigenvalue weighted by molar-refractivity contribution is -0.113. The van der Waals surface area contributed by atoms with Gasteiger partial charge in [-0.2, -0.15) is 5.26 Å². The van der Waals surface area contributed by atoms with Crippen LogP contribution in [0.3, 0.4) is 0 Å². The molecule has 0 fully saturated rings. The Morgan fingerprint density at radius 1 is 1.00 bits per heavy atom. The second-order valence-corrected chi connectivity index (χ2v) is 6.25. The summed E-state index contributed by atoms with van der Waals surface area (Å²) in [7, 11) is 1.61. The zero-order valence-electron chi connectivity index (χ0n) is 14.3. The summed E-state index contributed by atoms with van der Waals surface area (Å²) in [4.78, 5) is 16.1. The van der Waals surface area contributed by atoms with E-state index < -0.39 is 5.91 Å². The van der Waals surface area contributed by atoms with E-state index >= 15 is 0 Å². The average Bonchev–Trinajstić information content (AvgIpc) is 3.18. The lowest BCUT2D eigenvalue weighted by Gasteiger charge is -2.11. The Morgan fingerprint density at radius 2 is 1.81 bits per heavy atom. The highest BCUT2D eigenvalue weighted by atomic mass is 16.5. The number of carbonyl (C=O) groups excluding carboxylic acids is 1. The molecule has 5 rings (SSSR count). The summed E-state index contributed by atoms with van der Waals surface area (Å²) in [5.74, 6) is 1.60. The smallest absolute Gasteiger partial charge is 0.288 e. The van der Waals surface area contributed by atoms with Gasteiger partial charge < -0.3 is 9.47 Å². The maximum atomic E-state index is 12.0. The number of benzene rings is 3. The van der Waals surface area contributed by atoms with E-state index in [1.807, 2.05) is 60.7 Å². The molecule has 5 heteroatoms. The second kappa shape index (κ2) is 5.55. The van der Waals surface area contributed by atoms with Crippen LogP contribution in [0.2, 0.25) is 0 Å². The molecule has 128 valence electrons. The lowest BCUT2D eigenvalue weighted by Crippen LogP contribution is -1.94. The van der Waals surface area contributed by atoms with Gasteiger partial charge in [0.1, 0.15) is 28.9 Å². The fraction of sp³-hybridized carbons (Fsp3) is 0.0455. The first-order chi connectivity index (χ1) is 13.2. The van der Waals surface area contributed by atoms with Gasteiger partial charge in [-0.15, -0.1) is 0 Å². The fourth-order valence-corrected chi connectivity index (χ4v) is 3.67. The van der Waals surface area contributed by atoms with Crippen molar-refractivity contribution in [2.75, 3.05) is 7.11 Å². The van der Waals surface area contributed by atoms with Crippen LogP contribution in [0.1, 0.15) is 11.1 Å². The van der Waals surface area contributed by atoms with Crippen molar-refractivity contribution < 1.29 is 14.3 Å². The van der Waals surface area contributed by atoms with Crippen molar-refractivity contribution in [3.05, 3.63) is 71.3 Å². The summed E-state index contributed by atoms with van der Waals surface area (Å²) >= 11 is 0. The number of methoxy groups -OCH3 is 1. The summed E-state index contributed by atoms with van der Waals surface area (Å²) in [6.07, 6.45) is 0. The van der Waals surface area contributed by atoms with Crippen molar-refractivity contribution in [1.29, 1.82) is 5.26 Å². The molecule has 0 N–H and O–H groups in total. The molecular formula is C22H12N2O3. The van der Waals surface area contributed by atoms with E-state index in [9.17, 15) is 10.1 Å². The number of hydrogen-bond acceptors (Lipinski definition) is 4. The molecule has 1 amide bonds. The highest BCUT2D eigenvalue weighted by Crippen LogP contribution is 2.45. The Kier molecular flexibility index (Phi) is 3.15. The van der Waals surface area contributed by atoms with Crippen LogP contribution in [0, 0.1) is 11.3 Å². The van der Waals surface area contributed by atoms with Gasteiger partial charge in [0, 0.05) is 28.0 Å². The number of nitriles is 1. The van der Waals surface area contributed by atoms with Crippen molar-refractivity contribution in [3.63, 3.8) is 0 Å². The molecule has 1 heterocycles. The number of allylic oxidation sites excluding steroid dienone is 1. The lowest BCUT2D eigenvalue weighted by atomic mass is 10.0. The molecule has 2 aliphatic rings.